The van der Waals surface area contributed by atoms with E-state index in [1.165, 1.54) is 32.5 Å². The molecule has 2 saturated heterocycles. The lowest BCUT2D eigenvalue weighted by Crippen LogP contribution is -2.55. The van der Waals surface area contributed by atoms with Crippen molar-refractivity contribution in [1.82, 2.24) is 9.80 Å². The Bertz CT molecular complexity index is 479. The van der Waals surface area contributed by atoms with Gasteiger partial charge in [-0.1, -0.05) is 29.8 Å². The third-order valence-corrected chi connectivity index (χ3v) is 5.44. The number of rotatable bonds is 4. The van der Waals surface area contributed by atoms with Gasteiger partial charge in [-0.15, -0.1) is 0 Å². The minimum atomic E-state index is 0.0347. The van der Waals surface area contributed by atoms with Gasteiger partial charge < -0.3 is 5.73 Å². The van der Waals surface area contributed by atoms with E-state index in [-0.39, 0.29) is 6.04 Å². The van der Waals surface area contributed by atoms with E-state index in [1.807, 2.05) is 24.3 Å². The van der Waals surface area contributed by atoms with Gasteiger partial charge in [0.15, 0.2) is 0 Å². The second-order valence-corrected chi connectivity index (χ2v) is 6.96. The molecule has 2 fully saturated rings. The lowest BCUT2D eigenvalue weighted by Gasteiger charge is -2.42. The fraction of sp³-hybridized carbons (Fsp3) is 0.647. The van der Waals surface area contributed by atoms with Crippen LogP contribution in [0.3, 0.4) is 0 Å². The fourth-order valence-electron chi connectivity index (χ4n) is 3.80. The van der Waals surface area contributed by atoms with Gasteiger partial charge in [-0.3, -0.25) is 9.80 Å². The van der Waals surface area contributed by atoms with Crippen LogP contribution >= 0.6 is 11.6 Å². The number of nitrogens with two attached hydrogens (primary N) is 1. The summed E-state index contributed by atoms with van der Waals surface area (Å²) in [7, 11) is 0. The maximum atomic E-state index is 6.34. The Balaban J connectivity index is 1.56. The Labute approximate surface area is 133 Å². The van der Waals surface area contributed by atoms with Gasteiger partial charge in [-0.2, -0.15) is 0 Å². The van der Waals surface area contributed by atoms with Crippen molar-refractivity contribution < 1.29 is 0 Å². The van der Waals surface area contributed by atoms with E-state index in [4.69, 9.17) is 17.3 Å². The van der Waals surface area contributed by atoms with Crippen LogP contribution in [0.1, 0.15) is 37.8 Å². The first-order chi connectivity index (χ1) is 10.1. The van der Waals surface area contributed by atoms with Gasteiger partial charge in [-0.05, 0) is 44.4 Å². The third-order valence-electron chi connectivity index (χ3n) is 5.10. The summed E-state index contributed by atoms with van der Waals surface area (Å²) in [5, 5.41) is 0.790. The molecule has 2 aliphatic rings. The predicted octanol–water partition coefficient (Wildman–Crippen LogP) is 2.90. The summed E-state index contributed by atoms with van der Waals surface area (Å²) >= 11 is 6.24. The molecule has 0 spiro atoms. The fourth-order valence-corrected chi connectivity index (χ4v) is 4.07. The normalized spacial score (nSPS) is 28.5. The second kappa shape index (κ2) is 6.66. The van der Waals surface area contributed by atoms with Crippen LogP contribution in [0, 0.1) is 0 Å². The van der Waals surface area contributed by atoms with E-state index in [0.29, 0.717) is 6.04 Å². The van der Waals surface area contributed by atoms with Crippen LogP contribution < -0.4 is 5.73 Å². The third kappa shape index (κ3) is 3.42. The summed E-state index contributed by atoms with van der Waals surface area (Å²) in [6.45, 7) is 7.12. The number of hydrogen-bond acceptors (Lipinski definition) is 3. The summed E-state index contributed by atoms with van der Waals surface area (Å²) in [5.41, 5.74) is 7.42. The van der Waals surface area contributed by atoms with Gasteiger partial charge in [-0.25, -0.2) is 0 Å². The molecule has 2 aliphatic heterocycles. The SMILES string of the molecule is CC1CN2CCCC2CN1CCC(N)c1ccccc1Cl. The Morgan fingerprint density at radius 2 is 2.14 bits per heavy atom. The van der Waals surface area contributed by atoms with Crippen LogP contribution in [0.4, 0.5) is 0 Å². The van der Waals surface area contributed by atoms with Gasteiger partial charge >= 0.3 is 0 Å². The molecule has 0 bridgehead atoms. The summed E-state index contributed by atoms with van der Waals surface area (Å²) < 4.78 is 0. The zero-order valence-electron chi connectivity index (χ0n) is 12.8. The van der Waals surface area contributed by atoms with Crippen molar-refractivity contribution in [3.05, 3.63) is 34.9 Å². The summed E-state index contributed by atoms with van der Waals surface area (Å²) in [6.07, 6.45) is 3.70. The Hall–Kier alpha value is -0.610. The second-order valence-electron chi connectivity index (χ2n) is 6.55. The van der Waals surface area contributed by atoms with Crippen molar-refractivity contribution in [1.29, 1.82) is 0 Å². The number of halogens is 1. The van der Waals surface area contributed by atoms with Gasteiger partial charge in [0.2, 0.25) is 0 Å². The van der Waals surface area contributed by atoms with Gasteiger partial charge in [0.1, 0.15) is 0 Å². The maximum absolute atomic E-state index is 6.34. The van der Waals surface area contributed by atoms with E-state index >= 15 is 0 Å². The Morgan fingerprint density at radius 1 is 1.33 bits per heavy atom. The van der Waals surface area contributed by atoms with Gasteiger partial charge in [0, 0.05) is 42.8 Å². The monoisotopic (exact) mass is 307 g/mol. The van der Waals surface area contributed by atoms with Crippen molar-refractivity contribution in [2.75, 3.05) is 26.2 Å². The average molecular weight is 308 g/mol. The first-order valence-corrected chi connectivity index (χ1v) is 8.51. The number of nitrogens with zero attached hydrogens (tertiary/aromatic N) is 2. The van der Waals surface area contributed by atoms with Crippen LogP contribution in [0.2, 0.25) is 5.02 Å². The Kier molecular flexibility index (Phi) is 4.85. The molecular weight excluding hydrogens is 282 g/mol. The average Bonchev–Trinajstić information content (AvgIpc) is 2.92. The van der Waals surface area contributed by atoms with Gasteiger partial charge in [0.25, 0.3) is 0 Å². The van der Waals surface area contributed by atoms with E-state index in [0.717, 1.165) is 29.6 Å². The van der Waals surface area contributed by atoms with Crippen molar-refractivity contribution in [2.45, 2.75) is 44.3 Å². The zero-order chi connectivity index (χ0) is 14.8. The van der Waals surface area contributed by atoms with Crippen LogP contribution in [0.5, 0.6) is 0 Å². The van der Waals surface area contributed by atoms with Crippen LogP contribution in [0.15, 0.2) is 24.3 Å². The van der Waals surface area contributed by atoms with Crippen LogP contribution in [-0.4, -0.2) is 48.1 Å². The molecule has 2 heterocycles. The molecule has 2 N–H and O–H groups in total. The molecule has 0 amide bonds. The molecule has 3 rings (SSSR count). The highest BCUT2D eigenvalue weighted by Crippen LogP contribution is 2.27. The minimum Gasteiger partial charge on any atom is -0.324 e. The molecular formula is C17H26ClN3. The highest BCUT2D eigenvalue weighted by atomic mass is 35.5. The van der Waals surface area contributed by atoms with E-state index in [9.17, 15) is 0 Å². The smallest absolute Gasteiger partial charge is 0.0453 e. The molecule has 0 aromatic heterocycles. The van der Waals surface area contributed by atoms with Crippen molar-refractivity contribution in [3.8, 4) is 0 Å². The lowest BCUT2D eigenvalue weighted by atomic mass is 10.0. The van der Waals surface area contributed by atoms with Crippen LogP contribution in [0.25, 0.3) is 0 Å². The quantitative estimate of drug-likeness (QED) is 0.928. The van der Waals surface area contributed by atoms with Crippen molar-refractivity contribution in [2.24, 2.45) is 5.73 Å². The lowest BCUT2D eigenvalue weighted by molar-refractivity contribution is 0.0575. The summed E-state index contributed by atoms with van der Waals surface area (Å²) in [5.74, 6) is 0. The molecule has 1 aromatic carbocycles. The molecule has 4 heteroatoms. The largest absolute Gasteiger partial charge is 0.324 e. The zero-order valence-corrected chi connectivity index (χ0v) is 13.6. The van der Waals surface area contributed by atoms with E-state index in [1.54, 1.807) is 0 Å². The van der Waals surface area contributed by atoms with Crippen molar-refractivity contribution in [3.63, 3.8) is 0 Å². The Morgan fingerprint density at radius 3 is 2.95 bits per heavy atom. The highest BCUT2D eigenvalue weighted by Gasteiger charge is 2.34. The number of piperazine rings is 1. The summed E-state index contributed by atoms with van der Waals surface area (Å²) in [4.78, 5) is 5.28. The number of hydrogen-bond donors (Lipinski definition) is 1. The minimum absolute atomic E-state index is 0.0347. The van der Waals surface area contributed by atoms with Crippen LogP contribution in [-0.2, 0) is 0 Å². The number of benzene rings is 1. The molecule has 3 atom stereocenters. The van der Waals surface area contributed by atoms with E-state index < -0.39 is 0 Å². The van der Waals surface area contributed by atoms with Crippen molar-refractivity contribution >= 4 is 11.6 Å². The molecule has 1 aromatic rings. The number of fused-ring (bicyclic) bond motifs is 1. The van der Waals surface area contributed by atoms with Gasteiger partial charge in [0.05, 0.1) is 0 Å². The topological polar surface area (TPSA) is 32.5 Å². The first-order valence-electron chi connectivity index (χ1n) is 8.13. The molecule has 3 unspecified atom stereocenters. The standard InChI is InChI=1S/C17H26ClN3/c1-13-11-21-9-4-5-14(21)12-20(13)10-8-17(19)15-6-2-3-7-16(15)18/h2-3,6-7,13-14,17H,4-5,8-12,19H2,1H3. The highest BCUT2D eigenvalue weighted by molar-refractivity contribution is 6.31. The first kappa shape index (κ1) is 15.3. The predicted molar refractivity (Wildman–Crippen MR) is 88.6 cm³/mol. The molecule has 21 heavy (non-hydrogen) atoms. The maximum Gasteiger partial charge on any atom is 0.0453 e. The molecule has 0 saturated carbocycles. The van der Waals surface area contributed by atoms with E-state index in [2.05, 4.69) is 16.7 Å². The molecule has 116 valence electrons. The summed E-state index contributed by atoms with van der Waals surface area (Å²) in [6, 6.07) is 9.39. The molecule has 0 aliphatic carbocycles. The molecule has 3 nitrogen and oxygen atoms in total. The molecule has 0 radical (unpaired) electrons.